The zero-order valence-corrected chi connectivity index (χ0v) is 12.4. The first-order chi connectivity index (χ1) is 9.67. The Morgan fingerprint density at radius 3 is 2.65 bits per heavy atom. The first-order valence-corrected chi connectivity index (χ1v) is 7.38. The summed E-state index contributed by atoms with van der Waals surface area (Å²) in [5.74, 6) is 6.84. The summed E-state index contributed by atoms with van der Waals surface area (Å²) in [4.78, 5) is 4.24. The molecule has 2 unspecified atom stereocenters. The van der Waals surface area contributed by atoms with Gasteiger partial charge in [0.1, 0.15) is 5.82 Å². The largest absolute Gasteiger partial charge is 0.383 e. The monoisotopic (exact) mass is 278 g/mol. The van der Waals surface area contributed by atoms with E-state index in [1.165, 1.54) is 32.1 Å². The molecule has 1 aromatic rings. The van der Waals surface area contributed by atoms with Gasteiger partial charge in [-0.3, -0.25) is 11.3 Å². The zero-order chi connectivity index (χ0) is 14.5. The van der Waals surface area contributed by atoms with Gasteiger partial charge in [0.15, 0.2) is 0 Å². The first kappa shape index (κ1) is 15.2. The van der Waals surface area contributed by atoms with E-state index >= 15 is 0 Å². The van der Waals surface area contributed by atoms with Crippen molar-refractivity contribution in [2.75, 3.05) is 12.8 Å². The molecule has 0 aliphatic heterocycles. The number of methoxy groups -OCH3 is 1. The minimum absolute atomic E-state index is 0.0335. The Morgan fingerprint density at radius 2 is 2.05 bits per heavy atom. The van der Waals surface area contributed by atoms with E-state index in [0.717, 1.165) is 11.1 Å². The van der Waals surface area contributed by atoms with Gasteiger partial charge in [0.05, 0.1) is 12.1 Å². The summed E-state index contributed by atoms with van der Waals surface area (Å²) in [6, 6.07) is 1.93. The maximum atomic E-state index is 6.03. The molecule has 5 heteroatoms. The van der Waals surface area contributed by atoms with Gasteiger partial charge in [-0.05, 0) is 37.3 Å². The van der Waals surface area contributed by atoms with E-state index in [1.54, 1.807) is 13.3 Å². The Kier molecular flexibility index (Phi) is 5.34. The van der Waals surface area contributed by atoms with Gasteiger partial charge in [-0.25, -0.2) is 4.98 Å². The number of hydrogen-bond acceptors (Lipinski definition) is 5. The van der Waals surface area contributed by atoms with Crippen LogP contribution in [0.3, 0.4) is 0 Å². The van der Waals surface area contributed by atoms with Crippen molar-refractivity contribution in [3.8, 4) is 0 Å². The molecule has 1 aliphatic carbocycles. The Hall–Kier alpha value is -1.17. The van der Waals surface area contributed by atoms with Crippen LogP contribution < -0.4 is 17.0 Å². The molecule has 112 valence electrons. The summed E-state index contributed by atoms with van der Waals surface area (Å²) in [6.45, 7) is 2.01. The van der Waals surface area contributed by atoms with E-state index in [-0.39, 0.29) is 12.1 Å². The highest BCUT2D eigenvalue weighted by molar-refractivity contribution is 5.43. The number of rotatable bonds is 5. The number of hydrazine groups is 1. The molecule has 2 atom stereocenters. The number of nitrogens with zero attached hydrogens (tertiary/aromatic N) is 1. The lowest BCUT2D eigenvalue weighted by atomic mass is 9.81. The zero-order valence-electron chi connectivity index (χ0n) is 12.4. The van der Waals surface area contributed by atoms with Crippen molar-refractivity contribution in [3.05, 3.63) is 23.4 Å². The second kappa shape index (κ2) is 7.02. The molecule has 0 spiro atoms. The fraction of sp³-hybridized carbons (Fsp3) is 0.667. The van der Waals surface area contributed by atoms with Crippen LogP contribution in [0, 0.1) is 12.8 Å². The first-order valence-electron chi connectivity index (χ1n) is 7.38. The third-order valence-electron chi connectivity index (χ3n) is 4.32. The molecule has 20 heavy (non-hydrogen) atoms. The second-order valence-electron chi connectivity index (χ2n) is 5.73. The molecule has 1 aromatic heterocycles. The van der Waals surface area contributed by atoms with Crippen LogP contribution in [-0.2, 0) is 4.74 Å². The minimum atomic E-state index is -0.115. The third-order valence-corrected chi connectivity index (χ3v) is 4.32. The average Bonchev–Trinajstić information content (AvgIpc) is 2.48. The van der Waals surface area contributed by atoms with Gasteiger partial charge in [-0.15, -0.1) is 0 Å². The fourth-order valence-corrected chi connectivity index (χ4v) is 3.28. The lowest BCUT2D eigenvalue weighted by Gasteiger charge is -2.35. The Morgan fingerprint density at radius 1 is 1.35 bits per heavy atom. The quantitative estimate of drug-likeness (QED) is 0.567. The number of nitrogen functional groups attached to an aromatic ring is 1. The van der Waals surface area contributed by atoms with Crippen molar-refractivity contribution in [2.24, 2.45) is 11.8 Å². The van der Waals surface area contributed by atoms with Gasteiger partial charge in [0, 0.05) is 18.9 Å². The highest BCUT2D eigenvalue weighted by atomic mass is 16.5. The lowest BCUT2D eigenvalue weighted by Crippen LogP contribution is -2.42. The Bertz CT molecular complexity index is 432. The lowest BCUT2D eigenvalue weighted by molar-refractivity contribution is 0.00760. The Labute approximate surface area is 121 Å². The number of hydrogen-bond donors (Lipinski definition) is 3. The van der Waals surface area contributed by atoms with Crippen LogP contribution >= 0.6 is 0 Å². The summed E-state index contributed by atoms with van der Waals surface area (Å²) in [5.41, 5.74) is 10.9. The standard InChI is InChI=1S/C15H26N4O/c1-10-8-12(15(16)18-9-10)13(19-17)14(20-2)11-6-4-3-5-7-11/h8-9,11,13-14,19H,3-7,17H2,1-2H3,(H2,16,18). The average molecular weight is 278 g/mol. The van der Waals surface area contributed by atoms with Crippen LogP contribution in [0.25, 0.3) is 0 Å². The van der Waals surface area contributed by atoms with Crippen molar-refractivity contribution < 1.29 is 4.74 Å². The Balaban J connectivity index is 2.26. The molecular formula is C15H26N4O. The summed E-state index contributed by atoms with van der Waals surface area (Å²) in [7, 11) is 1.75. The second-order valence-corrected chi connectivity index (χ2v) is 5.73. The SMILES string of the molecule is COC(C1CCCCC1)C(NN)c1cc(C)cnc1N. The number of anilines is 1. The van der Waals surface area contributed by atoms with Crippen molar-refractivity contribution in [2.45, 2.75) is 51.2 Å². The molecule has 0 amide bonds. The van der Waals surface area contributed by atoms with Gasteiger partial charge in [0.2, 0.25) is 0 Å². The molecule has 1 saturated carbocycles. The number of aromatic nitrogens is 1. The molecule has 0 bridgehead atoms. The van der Waals surface area contributed by atoms with Crippen molar-refractivity contribution >= 4 is 5.82 Å². The third kappa shape index (κ3) is 3.29. The molecule has 1 aliphatic rings. The minimum Gasteiger partial charge on any atom is -0.383 e. The summed E-state index contributed by atoms with van der Waals surface area (Å²) in [6.07, 6.45) is 8.04. The van der Waals surface area contributed by atoms with Gasteiger partial charge >= 0.3 is 0 Å². The molecule has 5 N–H and O–H groups in total. The van der Waals surface area contributed by atoms with Gasteiger partial charge < -0.3 is 10.5 Å². The van der Waals surface area contributed by atoms with Crippen molar-refractivity contribution in [1.82, 2.24) is 10.4 Å². The molecular weight excluding hydrogens is 252 g/mol. The predicted molar refractivity (Wildman–Crippen MR) is 80.8 cm³/mol. The highest BCUT2D eigenvalue weighted by Gasteiger charge is 2.32. The van der Waals surface area contributed by atoms with Crippen molar-refractivity contribution in [1.29, 1.82) is 0 Å². The smallest absolute Gasteiger partial charge is 0.128 e. The molecule has 5 nitrogen and oxygen atoms in total. The molecule has 0 aromatic carbocycles. The number of ether oxygens (including phenoxy) is 1. The van der Waals surface area contributed by atoms with E-state index < -0.39 is 0 Å². The van der Waals surface area contributed by atoms with E-state index in [2.05, 4.69) is 10.4 Å². The highest BCUT2D eigenvalue weighted by Crippen LogP contribution is 2.35. The molecule has 1 heterocycles. The fourth-order valence-electron chi connectivity index (χ4n) is 3.28. The maximum absolute atomic E-state index is 6.03. The molecule has 1 fully saturated rings. The molecule has 0 saturated heterocycles. The van der Waals surface area contributed by atoms with Crippen LogP contribution in [0.2, 0.25) is 0 Å². The number of aryl methyl sites for hydroxylation is 1. The van der Waals surface area contributed by atoms with Crippen LogP contribution in [-0.4, -0.2) is 18.2 Å². The van der Waals surface area contributed by atoms with Crippen LogP contribution in [0.1, 0.15) is 49.3 Å². The maximum Gasteiger partial charge on any atom is 0.128 e. The van der Waals surface area contributed by atoms with Crippen LogP contribution in [0.5, 0.6) is 0 Å². The summed E-state index contributed by atoms with van der Waals surface area (Å²) in [5, 5.41) is 0. The van der Waals surface area contributed by atoms with Crippen LogP contribution in [0.4, 0.5) is 5.82 Å². The van der Waals surface area contributed by atoms with E-state index in [0.29, 0.717) is 11.7 Å². The summed E-state index contributed by atoms with van der Waals surface area (Å²) >= 11 is 0. The van der Waals surface area contributed by atoms with E-state index in [1.807, 2.05) is 13.0 Å². The van der Waals surface area contributed by atoms with Gasteiger partial charge in [-0.1, -0.05) is 19.3 Å². The van der Waals surface area contributed by atoms with E-state index in [9.17, 15) is 0 Å². The summed E-state index contributed by atoms with van der Waals surface area (Å²) < 4.78 is 5.77. The van der Waals surface area contributed by atoms with Crippen molar-refractivity contribution in [3.63, 3.8) is 0 Å². The molecule has 2 rings (SSSR count). The normalized spacial score (nSPS) is 19.8. The number of pyridine rings is 1. The van der Waals surface area contributed by atoms with Crippen LogP contribution in [0.15, 0.2) is 12.3 Å². The molecule has 0 radical (unpaired) electrons. The number of nitrogens with one attached hydrogen (secondary N) is 1. The van der Waals surface area contributed by atoms with Gasteiger partial charge in [-0.2, -0.15) is 0 Å². The predicted octanol–water partition coefficient (Wildman–Crippen LogP) is 2.07. The topological polar surface area (TPSA) is 86.2 Å². The van der Waals surface area contributed by atoms with Gasteiger partial charge in [0.25, 0.3) is 0 Å². The number of nitrogens with two attached hydrogens (primary N) is 2. The van der Waals surface area contributed by atoms with E-state index in [4.69, 9.17) is 16.3 Å².